The summed E-state index contributed by atoms with van der Waals surface area (Å²) in [5, 5.41) is 21.2. The molecule has 2 N–H and O–H groups in total. The molecule has 1 saturated carbocycles. The molecule has 0 aromatic carbocycles. The molecule has 2 aromatic heterocycles. The van der Waals surface area contributed by atoms with Crippen LogP contribution in [0.25, 0.3) is 0 Å². The van der Waals surface area contributed by atoms with E-state index < -0.39 is 5.41 Å². The van der Waals surface area contributed by atoms with Gasteiger partial charge < -0.3 is 0 Å². The van der Waals surface area contributed by atoms with Crippen LogP contribution in [0.2, 0.25) is 0 Å². The Balaban J connectivity index is 0.000000419. The molecule has 0 spiro atoms. The fraction of sp³-hybridized carbons (Fsp3) is 0.625. The second kappa shape index (κ2) is 19.1. The molecule has 240 valence electrons. The molecule has 1 aliphatic rings. The minimum Gasteiger partial charge on any atom is -0.273 e. The van der Waals surface area contributed by atoms with Gasteiger partial charge in [0.2, 0.25) is 23.5 Å². The van der Waals surface area contributed by atoms with E-state index in [1.54, 1.807) is 28.3 Å². The Bertz CT molecular complexity index is 1250. The van der Waals surface area contributed by atoms with Gasteiger partial charge in [-0.3, -0.25) is 30.5 Å². The second-order valence-corrected chi connectivity index (χ2v) is 12.2. The Labute approximate surface area is 263 Å². The summed E-state index contributed by atoms with van der Waals surface area (Å²) in [7, 11) is 0. The van der Waals surface area contributed by atoms with E-state index in [-0.39, 0.29) is 29.4 Å². The number of aromatic nitrogens is 4. The highest BCUT2D eigenvalue weighted by Crippen LogP contribution is 2.24. The highest BCUT2D eigenvalue weighted by Gasteiger charge is 2.25. The second-order valence-electron chi connectivity index (χ2n) is 12.2. The Hall–Kier alpha value is -4.32. The first-order valence-electron chi connectivity index (χ1n) is 15.5. The fourth-order valence-corrected chi connectivity index (χ4v) is 4.11. The van der Waals surface area contributed by atoms with Gasteiger partial charge in [0.1, 0.15) is 12.1 Å². The van der Waals surface area contributed by atoms with Crippen molar-refractivity contribution in [2.75, 3.05) is 23.1 Å². The lowest BCUT2D eigenvalue weighted by atomic mass is 9.89. The average Bonchev–Trinajstić information content (AvgIpc) is 3.01. The van der Waals surface area contributed by atoms with Gasteiger partial charge in [-0.05, 0) is 24.7 Å². The molecular weight excluding hydrogens is 556 g/mol. The van der Waals surface area contributed by atoms with Crippen molar-refractivity contribution in [1.82, 2.24) is 30.8 Å². The lowest BCUT2D eigenvalue weighted by Gasteiger charge is -2.29. The predicted molar refractivity (Wildman–Crippen MR) is 172 cm³/mol. The molecule has 2 heterocycles. The third kappa shape index (κ3) is 13.3. The number of amides is 2. The maximum Gasteiger partial charge on any atom is 0.243 e. The van der Waals surface area contributed by atoms with Gasteiger partial charge in [-0.15, -0.1) is 0 Å². The molecule has 3 rings (SSSR count). The van der Waals surface area contributed by atoms with Crippen LogP contribution in [0, 0.1) is 45.8 Å². The predicted octanol–water partition coefficient (Wildman–Crippen LogP) is 5.34. The van der Waals surface area contributed by atoms with E-state index in [9.17, 15) is 9.59 Å². The largest absolute Gasteiger partial charge is 0.273 e. The van der Waals surface area contributed by atoms with Gasteiger partial charge in [-0.1, -0.05) is 81.6 Å². The van der Waals surface area contributed by atoms with Crippen LogP contribution in [0.15, 0.2) is 24.5 Å². The van der Waals surface area contributed by atoms with Crippen molar-refractivity contribution in [3.8, 4) is 12.1 Å². The molecule has 2 amide bonds. The zero-order chi connectivity index (χ0) is 33.3. The van der Waals surface area contributed by atoms with Crippen molar-refractivity contribution in [3.63, 3.8) is 0 Å². The smallest absolute Gasteiger partial charge is 0.243 e. The number of rotatable bonds is 9. The van der Waals surface area contributed by atoms with Crippen molar-refractivity contribution in [3.05, 3.63) is 36.2 Å². The third-order valence-corrected chi connectivity index (χ3v) is 6.27. The van der Waals surface area contributed by atoms with Crippen LogP contribution in [0.5, 0.6) is 0 Å². The summed E-state index contributed by atoms with van der Waals surface area (Å²) in [6.45, 7) is 19.0. The van der Waals surface area contributed by atoms with E-state index >= 15 is 0 Å². The first kappa shape index (κ1) is 37.7. The van der Waals surface area contributed by atoms with Crippen molar-refractivity contribution in [1.29, 1.82) is 10.5 Å². The van der Waals surface area contributed by atoms with Crippen molar-refractivity contribution >= 4 is 23.5 Å². The summed E-state index contributed by atoms with van der Waals surface area (Å²) in [4.78, 5) is 40.6. The molecule has 0 radical (unpaired) electrons. The Morgan fingerprint density at radius 1 is 0.841 bits per heavy atom. The minimum atomic E-state index is -0.500. The van der Waals surface area contributed by atoms with Crippen LogP contribution in [-0.2, 0) is 9.59 Å². The van der Waals surface area contributed by atoms with Gasteiger partial charge in [0, 0.05) is 48.9 Å². The molecule has 12 heteroatoms. The molecule has 2 aromatic rings. The van der Waals surface area contributed by atoms with E-state index in [1.807, 2.05) is 60.6 Å². The van der Waals surface area contributed by atoms with Crippen LogP contribution < -0.4 is 20.9 Å². The average molecular weight is 607 g/mol. The monoisotopic (exact) mass is 606 g/mol. The van der Waals surface area contributed by atoms with E-state index in [1.165, 1.54) is 12.6 Å². The molecule has 0 aliphatic heterocycles. The number of hydrogen-bond donors (Lipinski definition) is 2. The van der Waals surface area contributed by atoms with Crippen LogP contribution >= 0.6 is 0 Å². The van der Waals surface area contributed by atoms with Crippen LogP contribution in [-0.4, -0.2) is 44.8 Å². The molecule has 0 unspecified atom stereocenters. The zero-order valence-electron chi connectivity index (χ0n) is 27.9. The SMILES string of the molecule is CC.CC(C)CN(NC(=O)C(C)(C)C)c1ccnc(C#N)n1.CC(C)CN(NC(=O)C1CCCCC1)c1ccnc(C#N)n1. The summed E-state index contributed by atoms with van der Waals surface area (Å²) < 4.78 is 0. The van der Waals surface area contributed by atoms with Gasteiger partial charge >= 0.3 is 0 Å². The molecule has 0 bridgehead atoms. The van der Waals surface area contributed by atoms with Crippen molar-refractivity contribution < 1.29 is 9.59 Å². The number of carbonyl (C=O) groups is 2. The molecule has 1 fully saturated rings. The molecule has 44 heavy (non-hydrogen) atoms. The summed E-state index contributed by atoms with van der Waals surface area (Å²) in [6, 6.07) is 7.21. The minimum absolute atomic E-state index is 0.0532. The van der Waals surface area contributed by atoms with Gasteiger partial charge in [0.05, 0.1) is 0 Å². The molecule has 12 nitrogen and oxygen atoms in total. The summed E-state index contributed by atoms with van der Waals surface area (Å²) in [5.41, 5.74) is 5.33. The summed E-state index contributed by atoms with van der Waals surface area (Å²) in [6.07, 6.45) is 8.42. The van der Waals surface area contributed by atoms with Crippen molar-refractivity contribution in [2.24, 2.45) is 23.2 Å². The maximum absolute atomic E-state index is 12.5. The molecule has 0 saturated heterocycles. The number of carbonyl (C=O) groups excluding carboxylic acids is 2. The number of hydrazine groups is 2. The highest BCUT2D eigenvalue weighted by molar-refractivity contribution is 5.82. The van der Waals surface area contributed by atoms with Gasteiger partial charge in [0.25, 0.3) is 0 Å². The zero-order valence-corrected chi connectivity index (χ0v) is 27.9. The first-order chi connectivity index (χ1) is 20.8. The summed E-state index contributed by atoms with van der Waals surface area (Å²) >= 11 is 0. The standard InChI is InChI=1S/C16H23N5O.C14H21N5O.C2H6/c1-12(2)11-21(15-8-9-18-14(10-17)19-15)20-16(22)13-6-4-3-5-7-13;1-10(2)9-19(18-13(20)14(3,4)5)12-6-7-16-11(8-15)17-12;1-2/h8-9,12-13H,3-7,11H2,1-2H3,(H,20,22);6-7,10H,9H2,1-5H3,(H,18,20);1-2H3. The Morgan fingerprint density at radius 3 is 1.66 bits per heavy atom. The molecule has 0 atom stereocenters. The van der Waals surface area contributed by atoms with Gasteiger partial charge in [0.15, 0.2) is 11.6 Å². The van der Waals surface area contributed by atoms with E-state index in [4.69, 9.17) is 10.5 Å². The normalized spacial score (nSPS) is 12.8. The fourth-order valence-electron chi connectivity index (χ4n) is 4.11. The third-order valence-electron chi connectivity index (χ3n) is 6.27. The number of anilines is 2. The highest BCUT2D eigenvalue weighted by atomic mass is 16.2. The van der Waals surface area contributed by atoms with E-state index in [2.05, 4.69) is 44.6 Å². The number of hydrogen-bond acceptors (Lipinski definition) is 10. The van der Waals surface area contributed by atoms with Gasteiger partial charge in [-0.2, -0.15) is 20.5 Å². The van der Waals surface area contributed by atoms with Gasteiger partial charge in [-0.25, -0.2) is 9.97 Å². The first-order valence-corrected chi connectivity index (χ1v) is 15.5. The molecule has 1 aliphatic carbocycles. The van der Waals surface area contributed by atoms with Crippen LogP contribution in [0.3, 0.4) is 0 Å². The quantitative estimate of drug-likeness (QED) is 0.356. The maximum atomic E-state index is 12.5. The summed E-state index contributed by atoms with van der Waals surface area (Å²) in [5.74, 6) is 1.99. The van der Waals surface area contributed by atoms with Crippen molar-refractivity contribution in [2.45, 2.75) is 94.4 Å². The number of nitrogens with one attached hydrogen (secondary N) is 2. The van der Waals surface area contributed by atoms with Crippen LogP contribution in [0.4, 0.5) is 11.6 Å². The number of nitrogens with zero attached hydrogens (tertiary/aromatic N) is 8. The topological polar surface area (TPSA) is 164 Å². The van der Waals surface area contributed by atoms with E-state index in [0.717, 1.165) is 25.7 Å². The van der Waals surface area contributed by atoms with Crippen LogP contribution in [0.1, 0.15) is 106 Å². The Morgan fingerprint density at radius 2 is 1.27 bits per heavy atom. The number of nitriles is 2. The molecular formula is C32H50N10O2. The lowest BCUT2D eigenvalue weighted by molar-refractivity contribution is -0.128. The Kier molecular flexibility index (Phi) is 16.3. The lowest BCUT2D eigenvalue weighted by Crippen LogP contribution is -2.49. The van der Waals surface area contributed by atoms with E-state index in [0.29, 0.717) is 36.6 Å².